The lowest BCUT2D eigenvalue weighted by Gasteiger charge is -2.34. The summed E-state index contributed by atoms with van der Waals surface area (Å²) in [6.45, 7) is 3.11. The van der Waals surface area contributed by atoms with Gasteiger partial charge in [-0.3, -0.25) is 4.99 Å². The summed E-state index contributed by atoms with van der Waals surface area (Å²) in [6, 6.07) is 0. The Morgan fingerprint density at radius 3 is 3.27 bits per heavy atom. The fraction of sp³-hybridized carbons (Fsp3) is 0.625. The van der Waals surface area contributed by atoms with Gasteiger partial charge in [-0.05, 0) is 12.5 Å². The van der Waals surface area contributed by atoms with Crippen LogP contribution < -0.4 is 0 Å². The van der Waals surface area contributed by atoms with Gasteiger partial charge in [-0.2, -0.15) is 0 Å². The van der Waals surface area contributed by atoms with E-state index in [-0.39, 0.29) is 0 Å². The molecule has 11 heavy (non-hydrogen) atoms. The van der Waals surface area contributed by atoms with Gasteiger partial charge in [0, 0.05) is 32.9 Å². The molecule has 0 amide bonds. The number of guanidine groups is 1. The Kier molecular flexibility index (Phi) is 1.56. The fourth-order valence-corrected chi connectivity index (χ4v) is 1.51. The van der Waals surface area contributed by atoms with Crippen LogP contribution in [0.2, 0.25) is 0 Å². The van der Waals surface area contributed by atoms with Crippen molar-refractivity contribution in [2.45, 2.75) is 6.42 Å². The maximum Gasteiger partial charge on any atom is 0.200 e. The maximum absolute atomic E-state index is 4.45. The monoisotopic (exact) mass is 151 g/mol. The van der Waals surface area contributed by atoms with E-state index in [0.29, 0.717) is 0 Å². The van der Waals surface area contributed by atoms with Crippen molar-refractivity contribution in [3.63, 3.8) is 0 Å². The van der Waals surface area contributed by atoms with Crippen molar-refractivity contribution in [2.75, 3.05) is 26.7 Å². The highest BCUT2D eigenvalue weighted by atomic mass is 15.4. The van der Waals surface area contributed by atoms with Gasteiger partial charge in [0.05, 0.1) is 0 Å². The van der Waals surface area contributed by atoms with E-state index in [1.165, 1.54) is 6.42 Å². The summed E-state index contributed by atoms with van der Waals surface area (Å²) >= 11 is 0. The van der Waals surface area contributed by atoms with Gasteiger partial charge in [0.1, 0.15) is 0 Å². The summed E-state index contributed by atoms with van der Waals surface area (Å²) in [5, 5.41) is 0. The Labute approximate surface area is 67.0 Å². The van der Waals surface area contributed by atoms with Gasteiger partial charge in [-0.15, -0.1) is 0 Å². The second kappa shape index (κ2) is 2.57. The lowest BCUT2D eigenvalue weighted by atomic mass is 10.3. The Balaban J connectivity index is 2.24. The molecule has 0 aliphatic carbocycles. The molecule has 0 spiro atoms. The van der Waals surface area contributed by atoms with Crippen molar-refractivity contribution >= 4 is 5.96 Å². The van der Waals surface area contributed by atoms with Gasteiger partial charge >= 0.3 is 0 Å². The molecule has 0 aromatic carbocycles. The molecular weight excluding hydrogens is 138 g/mol. The van der Waals surface area contributed by atoms with E-state index in [1.54, 1.807) is 0 Å². The van der Waals surface area contributed by atoms with Crippen LogP contribution >= 0.6 is 0 Å². The molecule has 2 aliphatic rings. The van der Waals surface area contributed by atoms with E-state index in [2.05, 4.69) is 34.1 Å². The Bertz CT molecular complexity index is 207. The molecule has 2 heterocycles. The van der Waals surface area contributed by atoms with E-state index in [0.717, 1.165) is 25.6 Å². The first-order valence-electron chi connectivity index (χ1n) is 4.07. The summed E-state index contributed by atoms with van der Waals surface area (Å²) in [5.41, 5.74) is 0. The van der Waals surface area contributed by atoms with E-state index < -0.39 is 0 Å². The molecule has 0 saturated carbocycles. The lowest BCUT2D eigenvalue weighted by Crippen LogP contribution is -2.45. The van der Waals surface area contributed by atoms with E-state index in [9.17, 15) is 0 Å². The third kappa shape index (κ3) is 1.11. The van der Waals surface area contributed by atoms with Crippen LogP contribution in [0.3, 0.4) is 0 Å². The quantitative estimate of drug-likeness (QED) is 0.502. The number of fused-ring (bicyclic) bond motifs is 1. The van der Waals surface area contributed by atoms with Crippen LogP contribution in [0.4, 0.5) is 0 Å². The summed E-state index contributed by atoms with van der Waals surface area (Å²) in [4.78, 5) is 8.84. The summed E-state index contributed by atoms with van der Waals surface area (Å²) in [6.07, 6.45) is 5.49. The zero-order valence-electron chi connectivity index (χ0n) is 6.82. The van der Waals surface area contributed by atoms with Crippen LogP contribution in [0.5, 0.6) is 0 Å². The number of hydrogen-bond donors (Lipinski definition) is 0. The van der Waals surface area contributed by atoms with Crippen molar-refractivity contribution in [1.82, 2.24) is 9.80 Å². The Hall–Kier alpha value is -0.990. The van der Waals surface area contributed by atoms with Crippen LogP contribution in [0.1, 0.15) is 6.42 Å². The number of likely N-dealkylation sites (N-methyl/N-ethyl adjacent to an activating group) is 1. The predicted molar refractivity (Wildman–Crippen MR) is 45.4 cm³/mol. The number of aliphatic imine (C=N–C) groups is 1. The minimum Gasteiger partial charge on any atom is -0.342 e. The highest BCUT2D eigenvalue weighted by molar-refractivity contribution is 5.82. The number of rotatable bonds is 0. The molecule has 3 nitrogen and oxygen atoms in total. The zero-order valence-corrected chi connectivity index (χ0v) is 6.82. The molecule has 0 radical (unpaired) electrons. The van der Waals surface area contributed by atoms with Crippen LogP contribution in [-0.2, 0) is 0 Å². The second-order valence-electron chi connectivity index (χ2n) is 2.99. The second-order valence-corrected chi connectivity index (χ2v) is 2.99. The molecule has 0 unspecified atom stereocenters. The molecule has 0 bridgehead atoms. The zero-order chi connectivity index (χ0) is 7.68. The molecule has 0 aromatic rings. The fourth-order valence-electron chi connectivity index (χ4n) is 1.51. The van der Waals surface area contributed by atoms with Gasteiger partial charge in [0.2, 0.25) is 5.96 Å². The topological polar surface area (TPSA) is 18.8 Å². The summed E-state index contributed by atoms with van der Waals surface area (Å²) in [5.74, 6) is 1.14. The number of hydrogen-bond acceptors (Lipinski definition) is 3. The first-order valence-corrected chi connectivity index (χ1v) is 4.07. The third-order valence-electron chi connectivity index (χ3n) is 2.07. The Morgan fingerprint density at radius 2 is 2.45 bits per heavy atom. The third-order valence-corrected chi connectivity index (χ3v) is 2.07. The van der Waals surface area contributed by atoms with Crippen molar-refractivity contribution in [2.24, 2.45) is 4.99 Å². The molecule has 2 aliphatic heterocycles. The average Bonchev–Trinajstić information content (AvgIpc) is 2.06. The first kappa shape index (κ1) is 6.70. The SMILES string of the molecule is CN1CC=CN2CCCN=C12. The summed E-state index contributed by atoms with van der Waals surface area (Å²) < 4.78 is 0. The van der Waals surface area contributed by atoms with Crippen LogP contribution in [0.25, 0.3) is 0 Å². The first-order chi connectivity index (χ1) is 5.38. The van der Waals surface area contributed by atoms with Gasteiger partial charge in [-0.1, -0.05) is 0 Å². The standard InChI is InChI=1S/C8H13N3/c1-10-5-3-7-11-6-2-4-9-8(10)11/h3,7H,2,4-6H2,1H3. The largest absolute Gasteiger partial charge is 0.342 e. The van der Waals surface area contributed by atoms with E-state index in [4.69, 9.17) is 0 Å². The molecule has 3 heteroatoms. The van der Waals surface area contributed by atoms with Gasteiger partial charge < -0.3 is 9.80 Å². The van der Waals surface area contributed by atoms with Crippen molar-refractivity contribution in [3.8, 4) is 0 Å². The molecule has 0 fully saturated rings. The van der Waals surface area contributed by atoms with Crippen LogP contribution in [-0.4, -0.2) is 42.4 Å². The highest BCUT2D eigenvalue weighted by Gasteiger charge is 2.18. The molecule has 0 saturated heterocycles. The molecule has 0 atom stereocenters. The normalized spacial score (nSPS) is 23.2. The lowest BCUT2D eigenvalue weighted by molar-refractivity contribution is 0.387. The van der Waals surface area contributed by atoms with E-state index in [1.807, 2.05) is 0 Å². The average molecular weight is 151 g/mol. The van der Waals surface area contributed by atoms with Crippen molar-refractivity contribution in [3.05, 3.63) is 12.3 Å². The summed E-state index contributed by atoms with van der Waals surface area (Å²) in [7, 11) is 2.08. The van der Waals surface area contributed by atoms with Gasteiger partial charge in [-0.25, -0.2) is 0 Å². The molecule has 60 valence electrons. The molecular formula is C8H13N3. The van der Waals surface area contributed by atoms with Gasteiger partial charge in [0.15, 0.2) is 0 Å². The smallest absolute Gasteiger partial charge is 0.200 e. The Morgan fingerprint density at radius 1 is 1.55 bits per heavy atom. The molecule has 2 rings (SSSR count). The minimum absolute atomic E-state index is 0.990. The van der Waals surface area contributed by atoms with Gasteiger partial charge in [0.25, 0.3) is 0 Å². The highest BCUT2D eigenvalue weighted by Crippen LogP contribution is 2.10. The predicted octanol–water partition coefficient (Wildman–Crippen LogP) is 0.507. The molecule has 0 aromatic heterocycles. The molecule has 0 N–H and O–H groups in total. The van der Waals surface area contributed by atoms with Crippen LogP contribution in [0, 0.1) is 0 Å². The van der Waals surface area contributed by atoms with Crippen molar-refractivity contribution in [1.29, 1.82) is 0 Å². The van der Waals surface area contributed by atoms with Crippen molar-refractivity contribution < 1.29 is 0 Å². The number of nitrogens with zero attached hydrogens (tertiary/aromatic N) is 3. The minimum atomic E-state index is 0.990. The van der Waals surface area contributed by atoms with E-state index >= 15 is 0 Å². The maximum atomic E-state index is 4.45. The van der Waals surface area contributed by atoms with Crippen LogP contribution in [0.15, 0.2) is 17.3 Å².